The number of amides is 2. The Hall–Kier alpha value is -6.09. The van der Waals surface area contributed by atoms with Crippen LogP contribution in [0.3, 0.4) is 0 Å². The second-order valence-electron chi connectivity index (χ2n) is 12.9. The van der Waals surface area contributed by atoms with E-state index in [2.05, 4.69) is 15.4 Å². The largest absolute Gasteiger partial charge is 0.456 e. The van der Waals surface area contributed by atoms with Crippen molar-refractivity contribution in [1.29, 1.82) is 0 Å². The number of benzene rings is 4. The number of rotatable bonds is 13. The predicted octanol–water partition coefficient (Wildman–Crippen LogP) is 5.38. The first-order chi connectivity index (χ1) is 27.0. The van der Waals surface area contributed by atoms with Crippen LogP contribution in [0.25, 0.3) is 6.08 Å². The molecule has 0 spiro atoms. The molecule has 1 fully saturated rings. The summed E-state index contributed by atoms with van der Waals surface area (Å²) in [5.74, 6) is -4.43. The molecule has 0 aromatic heterocycles. The molecule has 3 unspecified atom stereocenters. The summed E-state index contributed by atoms with van der Waals surface area (Å²) in [6.45, 7) is -1.84. The van der Waals surface area contributed by atoms with E-state index in [4.69, 9.17) is 19.3 Å². The number of ether oxygens (including phenoxy) is 4. The van der Waals surface area contributed by atoms with Gasteiger partial charge in [-0.2, -0.15) is 13.2 Å². The maximum Gasteiger partial charge on any atom is 0.422 e. The molecule has 1 saturated heterocycles. The molecule has 6 rings (SSSR count). The summed E-state index contributed by atoms with van der Waals surface area (Å²) in [7, 11) is 0. The molecule has 1 heterocycles. The maximum atomic E-state index is 13.9. The monoisotopic (exact) mass is 770 g/mol. The number of carbonyl (C=O) groups is 4. The number of esters is 2. The van der Waals surface area contributed by atoms with Crippen molar-refractivity contribution in [3.63, 3.8) is 0 Å². The zero-order chi connectivity index (χ0) is 39.7. The molecular weight excluding hydrogens is 733 g/mol. The Morgan fingerprint density at radius 2 is 1.52 bits per heavy atom. The molecular formula is C42H37F3N2O9. The zero-order valence-corrected chi connectivity index (χ0v) is 29.7. The van der Waals surface area contributed by atoms with Gasteiger partial charge in [-0.25, -0.2) is 9.59 Å². The van der Waals surface area contributed by atoms with Crippen molar-refractivity contribution in [2.24, 2.45) is 0 Å². The topological polar surface area (TPSA) is 149 Å². The SMILES string of the molecule is O=C(C=Cc1ccccc1C(=O)OC1CC(C(=O)NCc2cccc(C(=O)NCCO)c2)=CC2OC(c3ccccc3)(c3ccccc3)OC21)OCC(F)(F)F. The Kier molecular flexibility index (Phi) is 12.4. The molecule has 4 aromatic carbocycles. The molecule has 0 saturated carbocycles. The third-order valence-corrected chi connectivity index (χ3v) is 8.94. The average Bonchev–Trinajstić information content (AvgIpc) is 3.62. The summed E-state index contributed by atoms with van der Waals surface area (Å²) >= 11 is 0. The molecule has 290 valence electrons. The van der Waals surface area contributed by atoms with Gasteiger partial charge < -0.3 is 34.7 Å². The molecule has 3 N–H and O–H groups in total. The van der Waals surface area contributed by atoms with Gasteiger partial charge in [-0.05, 0) is 41.5 Å². The summed E-state index contributed by atoms with van der Waals surface area (Å²) in [6, 6.07) is 31.0. The highest BCUT2D eigenvalue weighted by Gasteiger charge is 2.55. The van der Waals surface area contributed by atoms with Crippen molar-refractivity contribution >= 4 is 29.8 Å². The standard InChI is InChI=1S/C42H37F3N2O9/c43-41(44,45)26-53-36(49)19-18-28-11-7-8-17-33(28)40(52)54-34-23-30(39(51)47-25-27-10-9-12-29(22-27)38(50)46-20-21-48)24-35-37(34)56-42(55-35,31-13-3-1-4-14-31)32-15-5-2-6-16-32/h1-19,22,24,34-35,37,48H,20-21,23,25-26H2,(H,46,50)(H,47,51). The van der Waals surface area contributed by atoms with Gasteiger partial charge in [0.15, 0.2) is 6.61 Å². The van der Waals surface area contributed by atoms with E-state index in [0.29, 0.717) is 22.3 Å². The van der Waals surface area contributed by atoms with E-state index in [1.165, 1.54) is 12.1 Å². The predicted molar refractivity (Wildman–Crippen MR) is 196 cm³/mol. The molecule has 0 radical (unpaired) electrons. The van der Waals surface area contributed by atoms with Gasteiger partial charge in [0, 0.05) is 47.8 Å². The second kappa shape index (κ2) is 17.6. The number of alkyl halides is 3. The van der Waals surface area contributed by atoms with Crippen LogP contribution in [0.4, 0.5) is 13.2 Å². The van der Waals surface area contributed by atoms with E-state index in [9.17, 15) is 32.3 Å². The number of carbonyl (C=O) groups excluding carboxylic acids is 4. The molecule has 1 aliphatic heterocycles. The molecule has 2 amide bonds. The summed E-state index contributed by atoms with van der Waals surface area (Å²) < 4.78 is 61.5. The number of hydrogen-bond donors (Lipinski definition) is 3. The second-order valence-corrected chi connectivity index (χ2v) is 12.9. The highest BCUT2D eigenvalue weighted by molar-refractivity contribution is 5.97. The fraction of sp³-hybridized carbons (Fsp3) is 0.238. The first-order valence-corrected chi connectivity index (χ1v) is 17.6. The van der Waals surface area contributed by atoms with Gasteiger partial charge in [0.2, 0.25) is 11.7 Å². The Bertz CT molecular complexity index is 2070. The van der Waals surface area contributed by atoms with Crippen LogP contribution < -0.4 is 10.6 Å². The van der Waals surface area contributed by atoms with Crippen LogP contribution in [0.15, 0.2) is 127 Å². The molecule has 2 aliphatic rings. The van der Waals surface area contributed by atoms with E-state index in [0.717, 1.165) is 12.2 Å². The number of aliphatic hydroxyl groups excluding tert-OH is 1. The third kappa shape index (κ3) is 9.58. The lowest BCUT2D eigenvalue weighted by molar-refractivity contribution is -0.182. The normalized spacial score (nSPS) is 18.7. The Balaban J connectivity index is 1.28. The number of nitrogens with one attached hydrogen (secondary N) is 2. The summed E-state index contributed by atoms with van der Waals surface area (Å²) in [5.41, 5.74) is 2.68. The van der Waals surface area contributed by atoms with Gasteiger partial charge in [-0.3, -0.25) is 9.59 Å². The van der Waals surface area contributed by atoms with Crippen molar-refractivity contribution in [3.05, 3.63) is 160 Å². The van der Waals surface area contributed by atoms with Gasteiger partial charge in [0.25, 0.3) is 5.91 Å². The molecule has 56 heavy (non-hydrogen) atoms. The summed E-state index contributed by atoms with van der Waals surface area (Å²) in [4.78, 5) is 52.1. The molecule has 11 nitrogen and oxygen atoms in total. The highest BCUT2D eigenvalue weighted by atomic mass is 19.4. The molecule has 3 atom stereocenters. The summed E-state index contributed by atoms with van der Waals surface area (Å²) in [5, 5.41) is 14.5. The van der Waals surface area contributed by atoms with Crippen LogP contribution in [0.1, 0.15) is 49.4 Å². The van der Waals surface area contributed by atoms with E-state index < -0.39 is 54.7 Å². The Labute approximate surface area is 319 Å². The molecule has 0 bridgehead atoms. The third-order valence-electron chi connectivity index (χ3n) is 8.94. The van der Waals surface area contributed by atoms with Crippen LogP contribution >= 0.6 is 0 Å². The van der Waals surface area contributed by atoms with E-state index in [-0.39, 0.29) is 48.7 Å². The van der Waals surface area contributed by atoms with Gasteiger partial charge in [-0.15, -0.1) is 0 Å². The zero-order valence-electron chi connectivity index (χ0n) is 29.7. The van der Waals surface area contributed by atoms with Crippen molar-refractivity contribution < 1.29 is 56.4 Å². The van der Waals surface area contributed by atoms with Crippen LogP contribution in [-0.2, 0) is 40.9 Å². The minimum Gasteiger partial charge on any atom is -0.456 e. The smallest absolute Gasteiger partial charge is 0.422 e. The molecule has 1 aliphatic carbocycles. The van der Waals surface area contributed by atoms with E-state index in [1.807, 2.05) is 60.7 Å². The lowest BCUT2D eigenvalue weighted by Gasteiger charge is -2.31. The van der Waals surface area contributed by atoms with Gasteiger partial charge in [0.05, 0.1) is 12.2 Å². The van der Waals surface area contributed by atoms with Crippen molar-refractivity contribution in [2.45, 2.75) is 43.2 Å². The first-order valence-electron chi connectivity index (χ1n) is 17.6. The maximum absolute atomic E-state index is 13.9. The van der Waals surface area contributed by atoms with Crippen molar-refractivity contribution in [3.8, 4) is 0 Å². The molecule has 14 heteroatoms. The number of fused-ring (bicyclic) bond motifs is 1. The van der Waals surface area contributed by atoms with E-state index >= 15 is 0 Å². The highest BCUT2D eigenvalue weighted by Crippen LogP contribution is 2.47. The average molecular weight is 771 g/mol. The van der Waals surface area contributed by atoms with Crippen LogP contribution in [0.2, 0.25) is 0 Å². The lowest BCUT2D eigenvalue weighted by Crippen LogP contribution is -2.43. The van der Waals surface area contributed by atoms with Gasteiger partial charge >= 0.3 is 18.1 Å². The minimum atomic E-state index is -4.71. The molecule has 4 aromatic rings. The van der Waals surface area contributed by atoms with Crippen LogP contribution in [0.5, 0.6) is 0 Å². The Morgan fingerprint density at radius 3 is 2.20 bits per heavy atom. The van der Waals surface area contributed by atoms with Gasteiger partial charge in [-0.1, -0.05) is 91.0 Å². The fourth-order valence-electron chi connectivity index (χ4n) is 6.37. The van der Waals surface area contributed by atoms with E-state index in [1.54, 1.807) is 42.5 Å². The lowest BCUT2D eigenvalue weighted by atomic mass is 9.91. The van der Waals surface area contributed by atoms with Gasteiger partial charge in [0.1, 0.15) is 18.3 Å². The number of hydrogen-bond acceptors (Lipinski definition) is 9. The quantitative estimate of drug-likeness (QED) is 0.120. The number of aliphatic hydroxyl groups is 1. The minimum absolute atomic E-state index is 0.0105. The van der Waals surface area contributed by atoms with Crippen molar-refractivity contribution in [2.75, 3.05) is 19.8 Å². The van der Waals surface area contributed by atoms with Crippen molar-refractivity contribution in [1.82, 2.24) is 10.6 Å². The Morgan fingerprint density at radius 1 is 0.839 bits per heavy atom. The van der Waals surface area contributed by atoms with Crippen LogP contribution in [0, 0.1) is 0 Å². The fourth-order valence-corrected chi connectivity index (χ4v) is 6.37. The van der Waals surface area contributed by atoms with Crippen LogP contribution in [-0.4, -0.2) is 73.1 Å². The first kappa shape index (κ1) is 39.6. The summed E-state index contributed by atoms with van der Waals surface area (Å²) in [6.07, 6.45) is -4.12. The number of halogens is 3.